The van der Waals surface area contributed by atoms with Gasteiger partial charge in [0.15, 0.2) is 5.11 Å². The van der Waals surface area contributed by atoms with Crippen LogP contribution in [0.4, 0.5) is 11.4 Å². The average molecular weight is 350 g/mol. The Labute approximate surface area is 149 Å². The number of anilines is 2. The highest BCUT2D eigenvalue weighted by Gasteiger charge is 2.05. The summed E-state index contributed by atoms with van der Waals surface area (Å²) in [5, 5.41) is 8.72. The minimum absolute atomic E-state index is 0.0302. The zero-order valence-corrected chi connectivity index (χ0v) is 15.3. The summed E-state index contributed by atoms with van der Waals surface area (Å²) in [4.78, 5) is 23.1. The monoisotopic (exact) mass is 349 g/mol. The van der Waals surface area contributed by atoms with Crippen molar-refractivity contribution in [3.8, 4) is 0 Å². The molecule has 1 aromatic carbocycles. The molecule has 1 rings (SSSR count). The van der Waals surface area contributed by atoms with E-state index in [2.05, 4.69) is 22.9 Å². The van der Waals surface area contributed by atoms with Crippen molar-refractivity contribution in [3.05, 3.63) is 24.3 Å². The first kappa shape index (κ1) is 20.1. The number of unbranched alkanes of at least 4 members (excludes halogenated alkanes) is 4. The van der Waals surface area contributed by atoms with E-state index < -0.39 is 0 Å². The van der Waals surface area contributed by atoms with Crippen molar-refractivity contribution in [2.75, 3.05) is 10.6 Å². The van der Waals surface area contributed by atoms with Crippen molar-refractivity contribution in [2.24, 2.45) is 0 Å². The summed E-state index contributed by atoms with van der Waals surface area (Å²) in [6.07, 6.45) is 6.49. The molecule has 2 amide bonds. The number of carbonyl (C=O) groups is 2. The normalized spacial score (nSPS) is 10.1. The molecule has 3 N–H and O–H groups in total. The summed E-state index contributed by atoms with van der Waals surface area (Å²) in [6, 6.07) is 7.17. The van der Waals surface area contributed by atoms with Crippen LogP contribution in [0.5, 0.6) is 0 Å². The number of hydrogen-bond donors (Lipinski definition) is 3. The van der Waals surface area contributed by atoms with Gasteiger partial charge >= 0.3 is 0 Å². The van der Waals surface area contributed by atoms with Crippen LogP contribution in [0.3, 0.4) is 0 Å². The summed E-state index contributed by atoms with van der Waals surface area (Å²) < 4.78 is 0. The van der Waals surface area contributed by atoms with Crippen LogP contribution in [0.15, 0.2) is 24.3 Å². The molecular formula is C18H27N3O2S. The number of benzene rings is 1. The second-order valence-corrected chi connectivity index (χ2v) is 6.05. The molecule has 0 atom stereocenters. The maximum atomic E-state index is 11.8. The number of thiocarbonyl (C=S) groups is 1. The van der Waals surface area contributed by atoms with Gasteiger partial charge < -0.3 is 16.0 Å². The number of hydrogen-bond acceptors (Lipinski definition) is 3. The van der Waals surface area contributed by atoms with Crippen molar-refractivity contribution < 1.29 is 9.59 Å². The molecule has 1 aromatic rings. The zero-order chi connectivity index (χ0) is 17.8. The Hall–Kier alpha value is -1.95. The van der Waals surface area contributed by atoms with Crippen LogP contribution in [0, 0.1) is 0 Å². The Kier molecular flexibility index (Phi) is 9.68. The molecule has 0 saturated carbocycles. The number of nitrogens with one attached hydrogen (secondary N) is 3. The summed E-state index contributed by atoms with van der Waals surface area (Å²) in [5.74, 6) is -0.0896. The molecule has 24 heavy (non-hydrogen) atoms. The summed E-state index contributed by atoms with van der Waals surface area (Å²) >= 11 is 5.14. The third-order valence-corrected chi connectivity index (χ3v) is 3.71. The van der Waals surface area contributed by atoms with Crippen molar-refractivity contribution >= 4 is 40.5 Å². The van der Waals surface area contributed by atoms with Crippen LogP contribution in [0.25, 0.3) is 0 Å². The Morgan fingerprint density at radius 3 is 2.04 bits per heavy atom. The molecule has 0 aliphatic rings. The first-order valence-electron chi connectivity index (χ1n) is 8.56. The SMILES string of the molecule is CCCCCCCC(=O)NC(=S)Nc1ccc(NC(=O)CC)cc1. The second kappa shape index (κ2) is 11.6. The van der Waals surface area contributed by atoms with Crippen LogP contribution < -0.4 is 16.0 Å². The highest BCUT2D eigenvalue weighted by atomic mass is 32.1. The van der Waals surface area contributed by atoms with Crippen molar-refractivity contribution in [3.63, 3.8) is 0 Å². The molecule has 0 unspecified atom stereocenters. The standard InChI is InChI=1S/C18H27N3O2S/c1-3-5-6-7-8-9-17(23)21-18(24)20-15-12-10-14(11-13-15)19-16(22)4-2/h10-13H,3-9H2,1-2H3,(H,19,22)(H2,20,21,23,24). The van der Waals surface area contributed by atoms with Crippen LogP contribution in [-0.2, 0) is 9.59 Å². The van der Waals surface area contributed by atoms with Gasteiger partial charge in [-0.25, -0.2) is 0 Å². The largest absolute Gasteiger partial charge is 0.332 e. The van der Waals surface area contributed by atoms with Crippen LogP contribution in [0.1, 0.15) is 58.8 Å². The van der Waals surface area contributed by atoms with Gasteiger partial charge in [-0.2, -0.15) is 0 Å². The fraction of sp³-hybridized carbons (Fsp3) is 0.500. The van der Waals surface area contributed by atoms with E-state index >= 15 is 0 Å². The molecule has 0 aromatic heterocycles. The van der Waals surface area contributed by atoms with E-state index in [4.69, 9.17) is 12.2 Å². The van der Waals surface area contributed by atoms with Crippen LogP contribution >= 0.6 is 12.2 Å². The maximum Gasteiger partial charge on any atom is 0.226 e. The molecule has 0 aliphatic heterocycles. The first-order valence-corrected chi connectivity index (χ1v) is 8.96. The van der Waals surface area contributed by atoms with E-state index in [9.17, 15) is 9.59 Å². The van der Waals surface area contributed by atoms with E-state index in [0.29, 0.717) is 18.0 Å². The lowest BCUT2D eigenvalue weighted by Crippen LogP contribution is -2.33. The Balaban J connectivity index is 2.31. The van der Waals surface area contributed by atoms with Crippen LogP contribution in [-0.4, -0.2) is 16.9 Å². The minimum Gasteiger partial charge on any atom is -0.332 e. The fourth-order valence-electron chi connectivity index (χ4n) is 2.13. The van der Waals surface area contributed by atoms with Gasteiger partial charge in [0.05, 0.1) is 0 Å². The molecule has 0 fully saturated rings. The molecule has 0 saturated heterocycles. The zero-order valence-electron chi connectivity index (χ0n) is 14.5. The molecule has 6 heteroatoms. The number of amides is 2. The molecule has 0 spiro atoms. The van der Waals surface area contributed by atoms with Gasteiger partial charge in [0.25, 0.3) is 0 Å². The molecular weight excluding hydrogens is 322 g/mol. The predicted octanol–water partition coefficient (Wildman–Crippen LogP) is 4.21. The number of carbonyl (C=O) groups excluding carboxylic acids is 2. The van der Waals surface area contributed by atoms with E-state index in [1.54, 1.807) is 31.2 Å². The van der Waals surface area contributed by atoms with E-state index in [1.165, 1.54) is 19.3 Å². The smallest absolute Gasteiger partial charge is 0.226 e. The van der Waals surface area contributed by atoms with Gasteiger partial charge in [-0.05, 0) is 42.9 Å². The minimum atomic E-state index is -0.0594. The first-order chi connectivity index (χ1) is 11.5. The second-order valence-electron chi connectivity index (χ2n) is 5.65. The average Bonchev–Trinajstić information content (AvgIpc) is 2.56. The predicted molar refractivity (Wildman–Crippen MR) is 103 cm³/mol. The van der Waals surface area contributed by atoms with Crippen molar-refractivity contribution in [1.29, 1.82) is 0 Å². The van der Waals surface area contributed by atoms with Gasteiger partial charge in [0.2, 0.25) is 11.8 Å². The highest BCUT2D eigenvalue weighted by molar-refractivity contribution is 7.80. The molecule has 0 heterocycles. The summed E-state index contributed by atoms with van der Waals surface area (Å²) in [7, 11) is 0. The summed E-state index contributed by atoms with van der Waals surface area (Å²) in [6.45, 7) is 3.97. The topological polar surface area (TPSA) is 70.2 Å². The van der Waals surface area contributed by atoms with Crippen molar-refractivity contribution in [1.82, 2.24) is 5.32 Å². The van der Waals surface area contributed by atoms with Gasteiger partial charge in [-0.1, -0.05) is 39.5 Å². The van der Waals surface area contributed by atoms with Gasteiger partial charge in [-0.3, -0.25) is 9.59 Å². The quantitative estimate of drug-likeness (QED) is 0.461. The number of rotatable bonds is 9. The molecule has 0 radical (unpaired) electrons. The Morgan fingerprint density at radius 2 is 1.46 bits per heavy atom. The third-order valence-electron chi connectivity index (χ3n) is 3.51. The molecule has 0 aliphatic carbocycles. The summed E-state index contributed by atoms with van der Waals surface area (Å²) in [5.41, 5.74) is 1.49. The lowest BCUT2D eigenvalue weighted by Gasteiger charge is -2.10. The van der Waals surface area contributed by atoms with Crippen LogP contribution in [0.2, 0.25) is 0 Å². The lowest BCUT2D eigenvalue weighted by molar-refractivity contribution is -0.119. The van der Waals surface area contributed by atoms with Gasteiger partial charge in [-0.15, -0.1) is 0 Å². The molecule has 0 bridgehead atoms. The van der Waals surface area contributed by atoms with E-state index in [-0.39, 0.29) is 11.8 Å². The highest BCUT2D eigenvalue weighted by Crippen LogP contribution is 2.13. The Bertz CT molecular complexity index is 544. The van der Waals surface area contributed by atoms with Gasteiger partial charge in [0, 0.05) is 24.2 Å². The van der Waals surface area contributed by atoms with E-state index in [0.717, 1.165) is 24.2 Å². The maximum absolute atomic E-state index is 11.8. The van der Waals surface area contributed by atoms with Gasteiger partial charge in [0.1, 0.15) is 0 Å². The molecule has 5 nitrogen and oxygen atoms in total. The third kappa shape index (κ3) is 8.62. The van der Waals surface area contributed by atoms with Crippen molar-refractivity contribution in [2.45, 2.75) is 58.8 Å². The molecule has 132 valence electrons. The fourth-order valence-corrected chi connectivity index (χ4v) is 2.36. The Morgan fingerprint density at radius 1 is 0.875 bits per heavy atom. The van der Waals surface area contributed by atoms with E-state index in [1.807, 2.05) is 0 Å². The lowest BCUT2D eigenvalue weighted by atomic mass is 10.1.